The van der Waals surface area contributed by atoms with Crippen LogP contribution >= 0.6 is 0 Å². The number of aliphatic carboxylic acids is 2. The van der Waals surface area contributed by atoms with Crippen LogP contribution in [0.15, 0.2) is 18.3 Å². The number of carbonyl (C=O) groups is 5. The molecule has 1 heterocycles. The number of nitrogens with zero attached hydrogens (tertiary/aromatic N) is 1. The van der Waals surface area contributed by atoms with Crippen LogP contribution in [-0.2, 0) is 19.2 Å². The van der Waals surface area contributed by atoms with Crippen molar-refractivity contribution in [1.82, 2.24) is 21.0 Å². The van der Waals surface area contributed by atoms with Gasteiger partial charge in [0.05, 0.1) is 5.56 Å². The molecule has 2 atom stereocenters. The van der Waals surface area contributed by atoms with Crippen LogP contribution in [0.1, 0.15) is 36.0 Å². The summed E-state index contributed by atoms with van der Waals surface area (Å²) >= 11 is 0. The van der Waals surface area contributed by atoms with Crippen molar-refractivity contribution in [2.45, 2.75) is 37.8 Å². The first-order valence-electron chi connectivity index (χ1n) is 8.65. The highest BCUT2D eigenvalue weighted by atomic mass is 16.4. The fourth-order valence-electron chi connectivity index (χ4n) is 2.30. The number of nitrogen functional groups attached to an aromatic ring is 1. The van der Waals surface area contributed by atoms with E-state index in [9.17, 15) is 24.0 Å². The molecule has 1 aromatic rings. The Morgan fingerprint density at radius 3 is 1.90 bits per heavy atom. The summed E-state index contributed by atoms with van der Waals surface area (Å²) < 4.78 is 0. The zero-order valence-corrected chi connectivity index (χ0v) is 15.8. The molecule has 0 aromatic carbocycles. The largest absolute Gasteiger partial charge is 0.481 e. The molecule has 0 aliphatic rings. The second-order valence-electron chi connectivity index (χ2n) is 6.04. The van der Waals surface area contributed by atoms with Crippen LogP contribution in [-0.4, -0.2) is 56.9 Å². The molecule has 0 fully saturated rings. The van der Waals surface area contributed by atoms with E-state index >= 15 is 0 Å². The predicted octanol–water partition coefficient (Wildman–Crippen LogP) is -2.33. The van der Waals surface area contributed by atoms with Gasteiger partial charge in [0.25, 0.3) is 11.8 Å². The lowest BCUT2D eigenvalue weighted by molar-refractivity contribution is -0.139. The molecule has 14 heteroatoms. The number of rotatable bonds is 12. The van der Waals surface area contributed by atoms with Crippen molar-refractivity contribution in [3.05, 3.63) is 23.9 Å². The summed E-state index contributed by atoms with van der Waals surface area (Å²) in [6, 6.07) is 0.175. The lowest BCUT2D eigenvalue weighted by atomic mass is 10.1. The van der Waals surface area contributed by atoms with Crippen molar-refractivity contribution >= 4 is 35.5 Å². The van der Waals surface area contributed by atoms with Crippen LogP contribution in [0.2, 0.25) is 0 Å². The molecule has 10 N–H and O–H groups in total. The predicted molar refractivity (Wildman–Crippen MR) is 101 cm³/mol. The summed E-state index contributed by atoms with van der Waals surface area (Å²) in [6.07, 6.45) is -0.235. The minimum atomic E-state index is -1.32. The van der Waals surface area contributed by atoms with Crippen LogP contribution in [0.4, 0.5) is 5.82 Å². The lowest BCUT2D eigenvalue weighted by Gasteiger charge is -2.22. The molecule has 2 unspecified atom stereocenters. The molecule has 0 aliphatic heterocycles. The number of amides is 3. The third-order valence-electron chi connectivity index (χ3n) is 3.86. The number of aromatic nitrogens is 1. The van der Waals surface area contributed by atoms with E-state index in [1.165, 1.54) is 18.3 Å². The number of carbonyl (C=O) groups excluding carboxylic acids is 3. The van der Waals surface area contributed by atoms with Gasteiger partial charge >= 0.3 is 11.9 Å². The lowest BCUT2D eigenvalue weighted by Crippen LogP contribution is -2.54. The van der Waals surface area contributed by atoms with Crippen LogP contribution in [0.5, 0.6) is 0 Å². The molecule has 3 amide bonds. The molecule has 14 nitrogen and oxygen atoms in total. The Hall–Kier alpha value is -3.78. The van der Waals surface area contributed by atoms with Gasteiger partial charge in [-0.15, -0.1) is 0 Å². The van der Waals surface area contributed by atoms with Gasteiger partial charge < -0.3 is 26.3 Å². The molecule has 1 rings (SSSR count). The van der Waals surface area contributed by atoms with Crippen molar-refractivity contribution in [3.63, 3.8) is 0 Å². The molecule has 0 radical (unpaired) electrons. The van der Waals surface area contributed by atoms with Crippen molar-refractivity contribution in [2.24, 2.45) is 11.7 Å². The molecule has 0 spiro atoms. The van der Waals surface area contributed by atoms with Gasteiger partial charge in [0.1, 0.15) is 17.9 Å². The molecule has 164 valence electrons. The maximum absolute atomic E-state index is 12.6. The zero-order valence-electron chi connectivity index (χ0n) is 15.8. The number of hydrazine groups is 2. The van der Waals surface area contributed by atoms with E-state index < -0.39 is 54.6 Å². The summed E-state index contributed by atoms with van der Waals surface area (Å²) in [4.78, 5) is 62.2. The highest BCUT2D eigenvalue weighted by Gasteiger charge is 2.27. The molecule has 30 heavy (non-hydrogen) atoms. The second-order valence-corrected chi connectivity index (χ2v) is 6.04. The molecule has 0 aliphatic carbocycles. The summed E-state index contributed by atoms with van der Waals surface area (Å²) in [7, 11) is 0. The topological polar surface area (TPSA) is 239 Å². The minimum Gasteiger partial charge on any atom is -0.481 e. The van der Waals surface area contributed by atoms with Gasteiger partial charge in [0.15, 0.2) is 0 Å². The number of nitrogens with two attached hydrogens (primary N) is 2. The molecular formula is C16H23N7O7. The van der Waals surface area contributed by atoms with E-state index in [-0.39, 0.29) is 18.4 Å². The van der Waals surface area contributed by atoms with Crippen LogP contribution in [0.3, 0.4) is 0 Å². The molecule has 0 saturated heterocycles. The molecular weight excluding hydrogens is 402 g/mol. The number of carboxylic acids is 2. The van der Waals surface area contributed by atoms with Gasteiger partial charge in [-0.2, -0.15) is 0 Å². The standard InChI is InChI=1S/C16H23N7O7/c17-22-11-4-1-8(7-19-11)14(28)20-9(2-5-12(24)25)15(29)21-10(16(30)23-18)3-6-13(26)27/h1,4,7,9-10H,2-3,5-6,17-18H2,(H,19,22)(H,20,28)(H,21,29)(H,23,30)(H,24,25)(H,26,27). The summed E-state index contributed by atoms with van der Waals surface area (Å²) in [5, 5.41) is 22.3. The average molecular weight is 425 g/mol. The third-order valence-corrected chi connectivity index (χ3v) is 3.86. The number of hydrogen-bond acceptors (Lipinski definition) is 9. The Labute approximate surface area is 170 Å². The Kier molecular flexibility index (Phi) is 9.64. The van der Waals surface area contributed by atoms with Crippen molar-refractivity contribution in [1.29, 1.82) is 0 Å². The summed E-state index contributed by atoms with van der Waals surface area (Å²) in [6.45, 7) is 0. The monoisotopic (exact) mass is 425 g/mol. The highest BCUT2D eigenvalue weighted by molar-refractivity contribution is 5.98. The van der Waals surface area contributed by atoms with E-state index in [1.54, 1.807) is 0 Å². The van der Waals surface area contributed by atoms with E-state index in [1.807, 2.05) is 5.43 Å². The van der Waals surface area contributed by atoms with E-state index in [2.05, 4.69) is 21.0 Å². The number of carboxylic acid groups (broad SMARTS) is 2. The van der Waals surface area contributed by atoms with Gasteiger partial charge in [0.2, 0.25) is 5.91 Å². The van der Waals surface area contributed by atoms with Gasteiger partial charge in [0, 0.05) is 19.0 Å². The van der Waals surface area contributed by atoms with Crippen molar-refractivity contribution in [2.75, 3.05) is 5.43 Å². The Bertz CT molecular complexity index is 785. The smallest absolute Gasteiger partial charge is 0.303 e. The van der Waals surface area contributed by atoms with Gasteiger partial charge in [-0.05, 0) is 25.0 Å². The maximum atomic E-state index is 12.6. The van der Waals surface area contributed by atoms with E-state index in [4.69, 9.17) is 21.9 Å². The van der Waals surface area contributed by atoms with E-state index in [0.717, 1.165) is 0 Å². The Morgan fingerprint density at radius 2 is 1.47 bits per heavy atom. The summed E-state index contributed by atoms with van der Waals surface area (Å²) in [5.41, 5.74) is 4.16. The molecule has 0 saturated carbocycles. The SMILES string of the molecule is NNC(=O)C(CCC(=O)O)NC(=O)C(CCC(=O)O)NC(=O)c1ccc(NN)nc1. The highest BCUT2D eigenvalue weighted by Crippen LogP contribution is 2.07. The first-order valence-corrected chi connectivity index (χ1v) is 8.65. The first kappa shape index (κ1) is 24.3. The van der Waals surface area contributed by atoms with Crippen LogP contribution < -0.4 is 33.2 Å². The van der Waals surface area contributed by atoms with Crippen LogP contribution in [0.25, 0.3) is 0 Å². The quantitative estimate of drug-likeness (QED) is 0.100. The summed E-state index contributed by atoms with van der Waals surface area (Å²) in [5.74, 6) is 5.68. The Balaban J connectivity index is 2.93. The van der Waals surface area contributed by atoms with Crippen molar-refractivity contribution in [3.8, 4) is 0 Å². The molecule has 0 bridgehead atoms. The number of nitrogens with one attached hydrogen (secondary N) is 4. The fourth-order valence-corrected chi connectivity index (χ4v) is 2.30. The number of anilines is 1. The first-order chi connectivity index (χ1) is 14.2. The zero-order chi connectivity index (χ0) is 22.7. The Morgan fingerprint density at radius 1 is 0.900 bits per heavy atom. The number of hydrogen-bond donors (Lipinski definition) is 8. The second kappa shape index (κ2) is 11.9. The number of pyridine rings is 1. The minimum absolute atomic E-state index is 0.0734. The van der Waals surface area contributed by atoms with E-state index in [0.29, 0.717) is 5.82 Å². The van der Waals surface area contributed by atoms with Gasteiger partial charge in [-0.3, -0.25) is 29.4 Å². The average Bonchev–Trinajstić information content (AvgIpc) is 2.72. The molecule has 1 aromatic heterocycles. The van der Waals surface area contributed by atoms with Crippen LogP contribution in [0, 0.1) is 0 Å². The maximum Gasteiger partial charge on any atom is 0.303 e. The van der Waals surface area contributed by atoms with Gasteiger partial charge in [-0.25, -0.2) is 16.7 Å². The van der Waals surface area contributed by atoms with Crippen molar-refractivity contribution < 1.29 is 34.2 Å². The fraction of sp³-hybridized carbons (Fsp3) is 0.375. The third kappa shape index (κ3) is 8.07. The van der Waals surface area contributed by atoms with Gasteiger partial charge in [-0.1, -0.05) is 0 Å². The normalized spacial score (nSPS) is 12.2.